The number of aromatic nitrogens is 1. The van der Waals surface area contributed by atoms with Crippen LogP contribution in [0.25, 0.3) is 10.9 Å². The number of hydrogen-bond acceptors (Lipinski definition) is 7. The fourth-order valence-electron chi connectivity index (χ4n) is 4.42. The summed E-state index contributed by atoms with van der Waals surface area (Å²) < 4.78 is 12.4. The predicted molar refractivity (Wildman–Crippen MR) is 141 cm³/mol. The molecule has 3 unspecified atom stereocenters. The average molecular weight is 567 g/mol. The molecule has 2 aliphatic rings. The molecule has 10 heteroatoms. The van der Waals surface area contributed by atoms with Crippen LogP contribution in [0.15, 0.2) is 72.0 Å². The second-order valence-electron chi connectivity index (χ2n) is 9.06. The quantitative estimate of drug-likeness (QED) is 0.439. The number of fused-ring (bicyclic) bond motifs is 1. The van der Waals surface area contributed by atoms with Gasteiger partial charge < -0.3 is 19.6 Å². The summed E-state index contributed by atoms with van der Waals surface area (Å²) >= 11 is 3.30. The number of nitrogens with one attached hydrogen (secondary N) is 1. The van der Waals surface area contributed by atoms with Gasteiger partial charge in [-0.25, -0.2) is 4.79 Å². The van der Waals surface area contributed by atoms with Crippen LogP contribution in [-0.2, 0) is 32.3 Å². The Morgan fingerprint density at radius 1 is 1.08 bits per heavy atom. The first-order valence-corrected chi connectivity index (χ1v) is 12.9. The second kappa shape index (κ2) is 11.7. The zero-order valence-corrected chi connectivity index (χ0v) is 21.7. The number of amides is 2. The van der Waals surface area contributed by atoms with Crippen LogP contribution in [-0.4, -0.2) is 57.8 Å². The summed E-state index contributed by atoms with van der Waals surface area (Å²) in [5.74, 6) is -0.276. The number of oxime groups is 1. The standard InChI is InChI=1S/C27H27BrN4O5/c28-25-12-21(37-31-25)14-30-26(33)24-11-22(35-16-18-6-2-1-3-7-18)15-32(24)27(34)36-17-19-10-20-8-4-5-9-23(20)29-13-19/h1-10,13,21-22,24H,11-12,14-17H2,(H,30,33). The van der Waals surface area contributed by atoms with Gasteiger partial charge in [-0.2, -0.15) is 0 Å². The lowest BCUT2D eigenvalue weighted by Gasteiger charge is -2.23. The van der Waals surface area contributed by atoms with E-state index in [1.54, 1.807) is 6.20 Å². The Morgan fingerprint density at radius 3 is 2.70 bits per heavy atom. The van der Waals surface area contributed by atoms with Gasteiger partial charge in [-0.1, -0.05) is 53.7 Å². The van der Waals surface area contributed by atoms with Crippen LogP contribution < -0.4 is 5.32 Å². The molecule has 9 nitrogen and oxygen atoms in total. The molecule has 3 heterocycles. The van der Waals surface area contributed by atoms with Crippen LogP contribution in [0, 0.1) is 0 Å². The highest BCUT2D eigenvalue weighted by molar-refractivity contribution is 9.18. The van der Waals surface area contributed by atoms with E-state index >= 15 is 0 Å². The van der Waals surface area contributed by atoms with Crippen LogP contribution in [0.3, 0.4) is 0 Å². The van der Waals surface area contributed by atoms with E-state index < -0.39 is 12.1 Å². The molecule has 37 heavy (non-hydrogen) atoms. The molecule has 0 aliphatic carbocycles. The third-order valence-electron chi connectivity index (χ3n) is 6.34. The highest BCUT2D eigenvalue weighted by Crippen LogP contribution is 2.24. The van der Waals surface area contributed by atoms with E-state index in [0.29, 0.717) is 24.1 Å². The zero-order valence-electron chi connectivity index (χ0n) is 20.1. The highest BCUT2D eigenvalue weighted by atomic mass is 79.9. The summed E-state index contributed by atoms with van der Waals surface area (Å²) in [6, 6.07) is 18.8. The Balaban J connectivity index is 1.22. The number of benzene rings is 2. The Morgan fingerprint density at radius 2 is 1.89 bits per heavy atom. The van der Waals surface area contributed by atoms with Crippen molar-refractivity contribution < 1.29 is 23.9 Å². The van der Waals surface area contributed by atoms with Crippen molar-refractivity contribution >= 4 is 43.5 Å². The summed E-state index contributed by atoms with van der Waals surface area (Å²) in [5.41, 5.74) is 2.67. The molecule has 0 bridgehead atoms. The maximum Gasteiger partial charge on any atom is 0.410 e. The molecule has 2 aromatic carbocycles. The number of ether oxygens (including phenoxy) is 2. The first kappa shape index (κ1) is 25.2. The molecular formula is C27H27BrN4O5. The number of pyridine rings is 1. The van der Waals surface area contributed by atoms with Gasteiger partial charge in [0.1, 0.15) is 17.3 Å². The fraction of sp³-hybridized carbons (Fsp3) is 0.333. The molecule has 1 saturated heterocycles. The van der Waals surface area contributed by atoms with E-state index in [4.69, 9.17) is 14.3 Å². The highest BCUT2D eigenvalue weighted by Gasteiger charge is 2.41. The predicted octanol–water partition coefficient (Wildman–Crippen LogP) is 4.14. The lowest BCUT2D eigenvalue weighted by molar-refractivity contribution is -0.125. The number of halogens is 1. The SMILES string of the molecule is O=C(NCC1CC(Br)=NO1)C1CC(OCc2ccccc2)CN1C(=O)OCc1cnc2ccccc2c1. The molecule has 0 radical (unpaired) electrons. The smallest absolute Gasteiger partial charge is 0.410 e. The number of rotatable bonds is 8. The van der Waals surface area contributed by atoms with E-state index in [0.717, 1.165) is 22.0 Å². The normalized spacial score (nSPS) is 20.9. The molecule has 2 amide bonds. The molecule has 3 atom stereocenters. The first-order chi connectivity index (χ1) is 18.0. The number of hydrogen-bond donors (Lipinski definition) is 1. The minimum absolute atomic E-state index is 0.0539. The van der Waals surface area contributed by atoms with Gasteiger partial charge in [0.05, 0.1) is 31.3 Å². The van der Waals surface area contributed by atoms with Crippen LogP contribution in [0.5, 0.6) is 0 Å². The van der Waals surface area contributed by atoms with Gasteiger partial charge in [-0.15, -0.1) is 0 Å². The van der Waals surface area contributed by atoms with Crippen LogP contribution >= 0.6 is 15.9 Å². The van der Waals surface area contributed by atoms with E-state index in [2.05, 4.69) is 31.4 Å². The van der Waals surface area contributed by atoms with Crippen molar-refractivity contribution in [3.05, 3.63) is 78.0 Å². The summed E-state index contributed by atoms with van der Waals surface area (Å²) in [7, 11) is 0. The number of carbonyl (C=O) groups excluding carboxylic acids is 2. The third-order valence-corrected chi connectivity index (χ3v) is 6.81. The number of nitrogens with zero attached hydrogens (tertiary/aromatic N) is 3. The van der Waals surface area contributed by atoms with Gasteiger partial charge in [-0.05, 0) is 33.6 Å². The van der Waals surface area contributed by atoms with E-state index in [-0.39, 0.29) is 37.8 Å². The molecule has 0 saturated carbocycles. The maximum atomic E-state index is 13.1. The van der Waals surface area contributed by atoms with E-state index in [1.807, 2.05) is 60.7 Å². The molecule has 192 valence electrons. The van der Waals surface area contributed by atoms with Crippen molar-refractivity contribution in [2.75, 3.05) is 13.1 Å². The van der Waals surface area contributed by atoms with Crippen LogP contribution in [0.4, 0.5) is 4.79 Å². The Bertz CT molecular complexity index is 1290. The van der Waals surface area contributed by atoms with Crippen molar-refractivity contribution in [3.63, 3.8) is 0 Å². The minimum Gasteiger partial charge on any atom is -0.444 e. The molecule has 2 aliphatic heterocycles. The van der Waals surface area contributed by atoms with E-state index in [9.17, 15) is 9.59 Å². The number of carbonyl (C=O) groups is 2. The summed E-state index contributed by atoms with van der Waals surface area (Å²) in [6.45, 7) is 0.995. The topological polar surface area (TPSA) is 102 Å². The van der Waals surface area contributed by atoms with Gasteiger partial charge in [0.25, 0.3) is 0 Å². The molecule has 0 spiro atoms. The third kappa shape index (κ3) is 6.44. The van der Waals surface area contributed by atoms with Gasteiger partial charge in [0.2, 0.25) is 5.91 Å². The molecular weight excluding hydrogens is 540 g/mol. The first-order valence-electron chi connectivity index (χ1n) is 12.1. The van der Waals surface area contributed by atoms with Crippen molar-refractivity contribution in [2.45, 2.75) is 44.3 Å². The average Bonchev–Trinajstić information content (AvgIpc) is 3.56. The summed E-state index contributed by atoms with van der Waals surface area (Å²) in [4.78, 5) is 37.4. The largest absolute Gasteiger partial charge is 0.444 e. The van der Waals surface area contributed by atoms with Gasteiger partial charge in [0.15, 0.2) is 6.10 Å². The summed E-state index contributed by atoms with van der Waals surface area (Å²) in [6.07, 6.45) is 1.53. The molecule has 1 aromatic heterocycles. The molecule has 5 rings (SSSR count). The van der Waals surface area contributed by atoms with Crippen molar-refractivity contribution in [1.29, 1.82) is 0 Å². The lowest BCUT2D eigenvalue weighted by atomic mass is 10.1. The number of likely N-dealkylation sites (tertiary alicyclic amines) is 1. The fourth-order valence-corrected chi connectivity index (χ4v) is 4.86. The van der Waals surface area contributed by atoms with Gasteiger partial charge in [0, 0.05) is 30.0 Å². The van der Waals surface area contributed by atoms with Crippen molar-refractivity contribution in [1.82, 2.24) is 15.2 Å². The summed E-state index contributed by atoms with van der Waals surface area (Å²) in [5, 5.41) is 7.70. The van der Waals surface area contributed by atoms with Crippen molar-refractivity contribution in [3.8, 4) is 0 Å². The Hall–Kier alpha value is -3.50. The zero-order chi connectivity index (χ0) is 25.6. The lowest BCUT2D eigenvalue weighted by Crippen LogP contribution is -2.47. The molecule has 1 fully saturated rings. The monoisotopic (exact) mass is 566 g/mol. The number of para-hydroxylation sites is 1. The minimum atomic E-state index is -0.714. The Labute approximate surface area is 222 Å². The molecule has 1 N–H and O–H groups in total. The van der Waals surface area contributed by atoms with Gasteiger partial charge >= 0.3 is 6.09 Å². The Kier molecular flexibility index (Phi) is 7.96. The van der Waals surface area contributed by atoms with Gasteiger partial charge in [-0.3, -0.25) is 14.7 Å². The van der Waals surface area contributed by atoms with Crippen LogP contribution in [0.2, 0.25) is 0 Å². The van der Waals surface area contributed by atoms with Crippen molar-refractivity contribution in [2.24, 2.45) is 5.16 Å². The van der Waals surface area contributed by atoms with Crippen LogP contribution in [0.1, 0.15) is 24.0 Å². The maximum absolute atomic E-state index is 13.1. The molecule has 3 aromatic rings. The van der Waals surface area contributed by atoms with E-state index in [1.165, 1.54) is 4.90 Å². The second-order valence-corrected chi connectivity index (χ2v) is 9.97.